The first-order chi connectivity index (χ1) is 9.78. The van der Waals surface area contributed by atoms with Gasteiger partial charge in [0.05, 0.1) is 11.9 Å². The second-order valence-electron chi connectivity index (χ2n) is 4.82. The van der Waals surface area contributed by atoms with Crippen molar-refractivity contribution in [3.63, 3.8) is 0 Å². The van der Waals surface area contributed by atoms with Crippen molar-refractivity contribution in [3.8, 4) is 0 Å². The van der Waals surface area contributed by atoms with Crippen LogP contribution < -0.4 is 0 Å². The molecule has 3 rings (SSSR count). The van der Waals surface area contributed by atoms with E-state index in [4.69, 9.17) is 9.26 Å². The third-order valence-corrected chi connectivity index (χ3v) is 4.23. The fourth-order valence-electron chi connectivity index (χ4n) is 1.81. The fraction of sp³-hybridized carbons (Fsp3) is 0.667. The zero-order valence-electron chi connectivity index (χ0n) is 11.5. The Labute approximate surface area is 121 Å². The molecule has 0 aliphatic heterocycles. The van der Waals surface area contributed by atoms with Crippen LogP contribution in [0.4, 0.5) is 0 Å². The minimum Gasteiger partial charge on any atom is -0.383 e. The number of nitrogens with zero attached hydrogens (tertiary/aromatic N) is 5. The van der Waals surface area contributed by atoms with Gasteiger partial charge in [0, 0.05) is 19.6 Å². The number of ether oxygens (including phenoxy) is 1. The van der Waals surface area contributed by atoms with E-state index in [9.17, 15) is 0 Å². The van der Waals surface area contributed by atoms with E-state index in [0.29, 0.717) is 18.4 Å². The van der Waals surface area contributed by atoms with Gasteiger partial charge >= 0.3 is 0 Å². The van der Waals surface area contributed by atoms with Crippen LogP contribution in [0.15, 0.2) is 16.0 Å². The van der Waals surface area contributed by atoms with Crippen LogP contribution in [0, 0.1) is 0 Å². The molecule has 1 saturated carbocycles. The highest BCUT2D eigenvalue weighted by molar-refractivity contribution is 7.99. The van der Waals surface area contributed by atoms with Crippen LogP contribution >= 0.6 is 11.8 Å². The normalized spacial score (nSPS) is 16.5. The van der Waals surface area contributed by atoms with Gasteiger partial charge in [0.1, 0.15) is 6.33 Å². The van der Waals surface area contributed by atoms with Crippen molar-refractivity contribution < 1.29 is 9.26 Å². The van der Waals surface area contributed by atoms with Gasteiger partial charge in [0.15, 0.2) is 11.0 Å². The predicted molar refractivity (Wildman–Crippen MR) is 72.4 cm³/mol. The summed E-state index contributed by atoms with van der Waals surface area (Å²) in [6.45, 7) is 3.40. The molecule has 0 aromatic carbocycles. The standard InChI is InChI=1S/C12H17N5O2S/c1-8(11-14-10(16-19-11)9-3-4-9)20-12-15-13-7-17(12)5-6-18-2/h7-9H,3-6H2,1-2H3. The molecule has 2 aromatic rings. The van der Waals surface area contributed by atoms with Crippen molar-refractivity contribution in [2.75, 3.05) is 13.7 Å². The SMILES string of the molecule is COCCn1cnnc1SC(C)c1nc(C2CC2)no1. The van der Waals surface area contributed by atoms with Crippen LogP contribution in [-0.4, -0.2) is 38.6 Å². The topological polar surface area (TPSA) is 78.9 Å². The van der Waals surface area contributed by atoms with Crippen LogP contribution in [0.5, 0.6) is 0 Å². The minimum absolute atomic E-state index is 0.0560. The van der Waals surface area contributed by atoms with E-state index < -0.39 is 0 Å². The molecule has 0 N–H and O–H groups in total. The Kier molecular flexibility index (Phi) is 4.02. The molecule has 20 heavy (non-hydrogen) atoms. The van der Waals surface area contributed by atoms with Gasteiger partial charge in [-0.2, -0.15) is 4.98 Å². The van der Waals surface area contributed by atoms with Crippen LogP contribution in [0.3, 0.4) is 0 Å². The molecule has 0 bridgehead atoms. The van der Waals surface area contributed by atoms with Crippen LogP contribution in [0.2, 0.25) is 0 Å². The molecule has 7 nitrogen and oxygen atoms in total. The lowest BCUT2D eigenvalue weighted by molar-refractivity contribution is 0.184. The monoisotopic (exact) mass is 295 g/mol. The van der Waals surface area contributed by atoms with Gasteiger partial charge < -0.3 is 13.8 Å². The van der Waals surface area contributed by atoms with Crippen LogP contribution in [0.25, 0.3) is 0 Å². The Bertz CT molecular complexity index is 566. The molecule has 2 aromatic heterocycles. The van der Waals surface area contributed by atoms with E-state index in [-0.39, 0.29) is 5.25 Å². The van der Waals surface area contributed by atoms with Gasteiger partial charge in [-0.15, -0.1) is 10.2 Å². The average molecular weight is 295 g/mol. The summed E-state index contributed by atoms with van der Waals surface area (Å²) in [5.41, 5.74) is 0. The Morgan fingerprint density at radius 1 is 1.55 bits per heavy atom. The predicted octanol–water partition coefficient (Wildman–Crippen LogP) is 2.04. The Morgan fingerprint density at radius 2 is 2.40 bits per heavy atom. The first-order valence-corrected chi connectivity index (χ1v) is 7.52. The number of hydrogen-bond acceptors (Lipinski definition) is 7. The lowest BCUT2D eigenvalue weighted by atomic mass is 10.4. The van der Waals surface area contributed by atoms with Crippen molar-refractivity contribution in [3.05, 3.63) is 18.0 Å². The quantitative estimate of drug-likeness (QED) is 0.723. The van der Waals surface area contributed by atoms with Crippen molar-refractivity contribution in [2.24, 2.45) is 0 Å². The van der Waals surface area contributed by atoms with E-state index in [1.54, 1.807) is 25.2 Å². The molecular formula is C12H17N5O2S. The summed E-state index contributed by atoms with van der Waals surface area (Å²) in [5.74, 6) is 2.00. The number of rotatable bonds is 7. The minimum atomic E-state index is 0.0560. The van der Waals surface area contributed by atoms with Gasteiger partial charge in [-0.25, -0.2) is 0 Å². The van der Waals surface area contributed by atoms with E-state index in [0.717, 1.165) is 17.5 Å². The fourth-order valence-corrected chi connectivity index (χ4v) is 2.69. The first-order valence-electron chi connectivity index (χ1n) is 6.65. The number of aromatic nitrogens is 5. The molecule has 0 saturated heterocycles. The smallest absolute Gasteiger partial charge is 0.239 e. The van der Waals surface area contributed by atoms with E-state index >= 15 is 0 Å². The van der Waals surface area contributed by atoms with Gasteiger partial charge in [-0.1, -0.05) is 16.9 Å². The van der Waals surface area contributed by atoms with Crippen molar-refractivity contribution >= 4 is 11.8 Å². The van der Waals surface area contributed by atoms with E-state index in [1.807, 2.05) is 11.5 Å². The number of methoxy groups -OCH3 is 1. The molecule has 1 unspecified atom stereocenters. The highest BCUT2D eigenvalue weighted by Crippen LogP contribution is 2.40. The Hall–Kier alpha value is -1.41. The second kappa shape index (κ2) is 5.92. The summed E-state index contributed by atoms with van der Waals surface area (Å²) >= 11 is 1.56. The van der Waals surface area contributed by atoms with Gasteiger partial charge in [-0.3, -0.25) is 0 Å². The zero-order valence-corrected chi connectivity index (χ0v) is 12.3. The maximum absolute atomic E-state index is 5.33. The van der Waals surface area contributed by atoms with Gasteiger partial charge in [0.2, 0.25) is 5.89 Å². The molecule has 1 fully saturated rings. The Balaban J connectivity index is 1.65. The lowest BCUT2D eigenvalue weighted by Gasteiger charge is -2.07. The summed E-state index contributed by atoms with van der Waals surface area (Å²) in [7, 11) is 1.68. The van der Waals surface area contributed by atoms with Crippen molar-refractivity contribution in [1.29, 1.82) is 0 Å². The molecule has 1 aliphatic carbocycles. The number of thioether (sulfide) groups is 1. The molecule has 1 atom stereocenters. The summed E-state index contributed by atoms with van der Waals surface area (Å²) in [6, 6.07) is 0. The summed E-state index contributed by atoms with van der Waals surface area (Å²) in [5, 5.41) is 13.0. The second-order valence-corrected chi connectivity index (χ2v) is 6.13. The van der Waals surface area contributed by atoms with Crippen molar-refractivity contribution in [2.45, 2.75) is 42.6 Å². The van der Waals surface area contributed by atoms with Crippen LogP contribution in [0.1, 0.15) is 42.6 Å². The van der Waals surface area contributed by atoms with E-state index in [1.165, 1.54) is 12.8 Å². The molecule has 2 heterocycles. The third kappa shape index (κ3) is 3.01. The van der Waals surface area contributed by atoms with Crippen LogP contribution in [-0.2, 0) is 11.3 Å². The van der Waals surface area contributed by atoms with E-state index in [2.05, 4.69) is 20.3 Å². The summed E-state index contributed by atoms with van der Waals surface area (Å²) in [6.07, 6.45) is 4.05. The Morgan fingerprint density at radius 3 is 3.15 bits per heavy atom. The summed E-state index contributed by atoms with van der Waals surface area (Å²) < 4.78 is 12.4. The molecule has 1 aliphatic rings. The molecule has 8 heteroatoms. The van der Waals surface area contributed by atoms with Gasteiger partial charge in [0.25, 0.3) is 0 Å². The van der Waals surface area contributed by atoms with Crippen molar-refractivity contribution in [1.82, 2.24) is 24.9 Å². The molecule has 0 spiro atoms. The molecule has 108 valence electrons. The third-order valence-electron chi connectivity index (χ3n) is 3.15. The number of hydrogen-bond donors (Lipinski definition) is 0. The van der Waals surface area contributed by atoms with Gasteiger partial charge in [-0.05, 0) is 19.8 Å². The maximum atomic E-state index is 5.33. The molecular weight excluding hydrogens is 278 g/mol. The first kappa shape index (κ1) is 13.6. The maximum Gasteiger partial charge on any atom is 0.239 e. The highest BCUT2D eigenvalue weighted by Gasteiger charge is 2.30. The zero-order chi connectivity index (χ0) is 13.9. The molecule has 0 amide bonds. The lowest BCUT2D eigenvalue weighted by Crippen LogP contribution is -2.05. The molecule has 0 radical (unpaired) electrons. The largest absolute Gasteiger partial charge is 0.383 e. The highest BCUT2D eigenvalue weighted by atomic mass is 32.2. The average Bonchev–Trinajstić information content (AvgIpc) is 3.01. The summed E-state index contributed by atoms with van der Waals surface area (Å²) in [4.78, 5) is 4.46.